The van der Waals surface area contributed by atoms with Crippen molar-refractivity contribution in [2.45, 2.75) is 6.92 Å². The van der Waals surface area contributed by atoms with Gasteiger partial charge >= 0.3 is 0 Å². The molecule has 0 saturated heterocycles. The topological polar surface area (TPSA) is 69.2 Å². The number of rotatable bonds is 7. The summed E-state index contributed by atoms with van der Waals surface area (Å²) in [6, 6.07) is 9.18. The summed E-state index contributed by atoms with van der Waals surface area (Å²) in [5.41, 5.74) is 4.25. The predicted octanol–water partition coefficient (Wildman–Crippen LogP) is 4.07. The summed E-state index contributed by atoms with van der Waals surface area (Å²) in [7, 11) is 3.11. The summed E-state index contributed by atoms with van der Waals surface area (Å²) in [6.45, 7) is 1.83. The van der Waals surface area contributed by atoms with Crippen molar-refractivity contribution in [1.29, 1.82) is 0 Å². The van der Waals surface area contributed by atoms with Gasteiger partial charge in [0.1, 0.15) is 5.75 Å². The Morgan fingerprint density at radius 3 is 2.54 bits per heavy atom. The maximum atomic E-state index is 11.9. The number of carbonyl (C=O) groups excluding carboxylic acids is 1. The van der Waals surface area contributed by atoms with Gasteiger partial charge in [-0.3, -0.25) is 4.79 Å². The van der Waals surface area contributed by atoms with Crippen molar-refractivity contribution in [3.63, 3.8) is 0 Å². The van der Waals surface area contributed by atoms with Crippen LogP contribution in [0, 0.1) is 6.92 Å². The molecule has 0 fully saturated rings. The van der Waals surface area contributed by atoms with E-state index in [0.717, 1.165) is 20.1 Å². The van der Waals surface area contributed by atoms with E-state index >= 15 is 0 Å². The van der Waals surface area contributed by atoms with Gasteiger partial charge in [-0.05, 0) is 74.2 Å². The van der Waals surface area contributed by atoms with E-state index in [1.807, 2.05) is 19.1 Å². The first-order chi connectivity index (χ1) is 12.4. The summed E-state index contributed by atoms with van der Waals surface area (Å²) in [4.78, 5) is 11.9. The van der Waals surface area contributed by atoms with Crippen molar-refractivity contribution in [2.24, 2.45) is 5.10 Å². The van der Waals surface area contributed by atoms with E-state index < -0.39 is 0 Å². The lowest BCUT2D eigenvalue weighted by molar-refractivity contribution is -0.123. The third kappa shape index (κ3) is 5.47. The van der Waals surface area contributed by atoms with E-state index in [9.17, 15) is 4.79 Å². The highest BCUT2D eigenvalue weighted by molar-refractivity contribution is 9.10. The van der Waals surface area contributed by atoms with Gasteiger partial charge in [0, 0.05) is 0 Å². The average Bonchev–Trinajstić information content (AvgIpc) is 2.60. The molecular weight excluding hydrogens is 468 g/mol. The van der Waals surface area contributed by atoms with Crippen LogP contribution in [0.3, 0.4) is 0 Å². The van der Waals surface area contributed by atoms with E-state index in [1.165, 1.54) is 6.21 Å². The molecule has 138 valence electrons. The summed E-state index contributed by atoms with van der Waals surface area (Å²) in [5.74, 6) is 1.37. The van der Waals surface area contributed by atoms with Crippen LogP contribution in [0.15, 0.2) is 44.4 Å². The van der Waals surface area contributed by atoms with Gasteiger partial charge in [0.2, 0.25) is 0 Å². The minimum absolute atomic E-state index is 0.144. The Kier molecular flexibility index (Phi) is 7.47. The van der Waals surface area contributed by atoms with Crippen LogP contribution in [0.5, 0.6) is 17.2 Å². The van der Waals surface area contributed by atoms with Gasteiger partial charge in [-0.15, -0.1) is 0 Å². The Labute approximate surface area is 168 Å². The average molecular weight is 486 g/mol. The number of carbonyl (C=O) groups is 1. The van der Waals surface area contributed by atoms with Crippen LogP contribution < -0.4 is 19.6 Å². The molecule has 2 rings (SSSR count). The zero-order valence-corrected chi connectivity index (χ0v) is 17.7. The molecule has 0 heterocycles. The van der Waals surface area contributed by atoms with Crippen molar-refractivity contribution in [3.8, 4) is 17.2 Å². The van der Waals surface area contributed by atoms with E-state index in [4.69, 9.17) is 14.2 Å². The molecule has 2 aromatic carbocycles. The fourth-order valence-electron chi connectivity index (χ4n) is 2.09. The van der Waals surface area contributed by atoms with Crippen LogP contribution in [0.2, 0.25) is 0 Å². The third-order valence-corrected chi connectivity index (χ3v) is 4.51. The highest BCUT2D eigenvalue weighted by Gasteiger charge is 2.10. The molecule has 0 aromatic heterocycles. The van der Waals surface area contributed by atoms with Gasteiger partial charge in [-0.2, -0.15) is 5.10 Å². The Hall–Kier alpha value is -2.06. The van der Waals surface area contributed by atoms with Gasteiger partial charge in [-0.1, -0.05) is 6.07 Å². The first-order valence-corrected chi connectivity index (χ1v) is 9.15. The molecule has 8 heteroatoms. The largest absolute Gasteiger partial charge is 0.493 e. The summed E-state index contributed by atoms with van der Waals surface area (Å²) >= 11 is 6.80. The summed E-state index contributed by atoms with van der Waals surface area (Å²) in [5, 5.41) is 3.93. The number of nitrogens with zero attached hydrogens (tertiary/aromatic N) is 1. The Morgan fingerprint density at radius 1 is 1.12 bits per heavy atom. The van der Waals surface area contributed by atoms with Crippen LogP contribution >= 0.6 is 31.9 Å². The highest BCUT2D eigenvalue weighted by atomic mass is 79.9. The van der Waals surface area contributed by atoms with Crippen molar-refractivity contribution in [2.75, 3.05) is 20.8 Å². The zero-order chi connectivity index (χ0) is 19.1. The highest BCUT2D eigenvalue weighted by Crippen LogP contribution is 2.35. The molecule has 0 atom stereocenters. The van der Waals surface area contributed by atoms with Gasteiger partial charge in [0.05, 0.1) is 29.4 Å². The molecule has 0 unspecified atom stereocenters. The Bertz CT molecular complexity index is 825. The van der Waals surface area contributed by atoms with Crippen LogP contribution in [0.1, 0.15) is 11.1 Å². The number of halogens is 2. The maximum absolute atomic E-state index is 11.9. The smallest absolute Gasteiger partial charge is 0.277 e. The normalized spacial score (nSPS) is 10.7. The van der Waals surface area contributed by atoms with Crippen LogP contribution in [-0.2, 0) is 4.79 Å². The first kappa shape index (κ1) is 20.3. The molecule has 0 aliphatic rings. The lowest BCUT2D eigenvalue weighted by atomic mass is 10.2. The Balaban J connectivity index is 1.93. The molecule has 0 saturated carbocycles. The molecule has 1 N–H and O–H groups in total. The Morgan fingerprint density at radius 2 is 1.88 bits per heavy atom. The van der Waals surface area contributed by atoms with Crippen molar-refractivity contribution in [1.82, 2.24) is 5.43 Å². The van der Waals surface area contributed by atoms with Crippen LogP contribution in [0.4, 0.5) is 0 Å². The lowest BCUT2D eigenvalue weighted by Gasteiger charge is -2.10. The first-order valence-electron chi connectivity index (χ1n) is 7.57. The summed E-state index contributed by atoms with van der Waals surface area (Å²) < 4.78 is 17.5. The number of hydrogen-bond acceptors (Lipinski definition) is 5. The number of methoxy groups -OCH3 is 2. The number of nitrogens with one attached hydrogen (secondary N) is 1. The molecular formula is C18H18Br2N2O4. The standard InChI is InChI=1S/C18H18Br2N2O4/c1-11-4-5-15(13(19)6-11)26-10-17(23)22-21-9-12-7-14(20)18(25-3)16(8-12)24-2/h4-9H,10H2,1-3H3,(H,22,23)/b21-9+. The molecule has 6 nitrogen and oxygen atoms in total. The SMILES string of the molecule is COc1cc(/C=N/NC(=O)COc2ccc(C)cc2Br)cc(Br)c1OC. The van der Waals surface area contributed by atoms with E-state index in [1.54, 1.807) is 32.4 Å². The fourth-order valence-corrected chi connectivity index (χ4v) is 3.32. The zero-order valence-electron chi connectivity index (χ0n) is 14.5. The van der Waals surface area contributed by atoms with Crippen molar-refractivity contribution < 1.29 is 19.0 Å². The molecule has 1 amide bonds. The second-order valence-corrected chi connectivity index (χ2v) is 6.96. The van der Waals surface area contributed by atoms with Crippen LogP contribution in [-0.4, -0.2) is 32.9 Å². The maximum Gasteiger partial charge on any atom is 0.277 e. The second kappa shape index (κ2) is 9.59. The molecule has 0 aliphatic heterocycles. The van der Waals surface area contributed by atoms with Crippen LogP contribution in [0.25, 0.3) is 0 Å². The predicted molar refractivity (Wildman–Crippen MR) is 107 cm³/mol. The molecule has 2 aromatic rings. The molecule has 26 heavy (non-hydrogen) atoms. The number of benzene rings is 2. The number of ether oxygens (including phenoxy) is 3. The molecule has 0 bridgehead atoms. The number of aryl methyl sites for hydroxylation is 1. The quantitative estimate of drug-likeness (QED) is 0.474. The van der Waals surface area contributed by atoms with Gasteiger partial charge in [0.15, 0.2) is 18.1 Å². The molecule has 0 radical (unpaired) electrons. The van der Waals surface area contributed by atoms with E-state index in [2.05, 4.69) is 42.4 Å². The third-order valence-electron chi connectivity index (χ3n) is 3.30. The fraction of sp³-hybridized carbons (Fsp3) is 0.222. The lowest BCUT2D eigenvalue weighted by Crippen LogP contribution is -2.24. The number of amides is 1. The second-order valence-electron chi connectivity index (χ2n) is 5.25. The van der Waals surface area contributed by atoms with Crippen molar-refractivity contribution in [3.05, 3.63) is 50.4 Å². The van der Waals surface area contributed by atoms with E-state index in [0.29, 0.717) is 17.2 Å². The van der Waals surface area contributed by atoms with Gasteiger partial charge in [-0.25, -0.2) is 5.43 Å². The minimum Gasteiger partial charge on any atom is -0.493 e. The van der Waals surface area contributed by atoms with Gasteiger partial charge in [0.25, 0.3) is 5.91 Å². The van der Waals surface area contributed by atoms with Crippen molar-refractivity contribution >= 4 is 44.0 Å². The minimum atomic E-state index is -0.367. The summed E-state index contributed by atoms with van der Waals surface area (Å²) in [6.07, 6.45) is 1.51. The molecule has 0 spiro atoms. The van der Waals surface area contributed by atoms with E-state index in [-0.39, 0.29) is 12.5 Å². The molecule has 0 aliphatic carbocycles. The monoisotopic (exact) mass is 484 g/mol. The number of hydrazone groups is 1. The number of hydrogen-bond donors (Lipinski definition) is 1. The van der Waals surface area contributed by atoms with Gasteiger partial charge < -0.3 is 14.2 Å².